The van der Waals surface area contributed by atoms with Crippen LogP contribution in [-0.4, -0.2) is 75.8 Å². The molecule has 1 aromatic carbocycles. The highest BCUT2D eigenvalue weighted by Crippen LogP contribution is 2.13. The molecule has 148 valence electrons. The number of hydrogen-bond acceptors (Lipinski definition) is 5. The molecule has 1 aliphatic heterocycles. The van der Waals surface area contributed by atoms with Crippen LogP contribution in [0.2, 0.25) is 0 Å². The van der Waals surface area contributed by atoms with Crippen LogP contribution in [-0.2, 0) is 10.0 Å². The normalized spacial score (nSPS) is 15.8. The highest BCUT2D eigenvalue weighted by Gasteiger charge is 2.23. The van der Waals surface area contributed by atoms with E-state index in [0.717, 1.165) is 17.3 Å². The third-order valence-corrected chi connectivity index (χ3v) is 6.46. The van der Waals surface area contributed by atoms with Crippen LogP contribution in [0.5, 0.6) is 5.75 Å². The Hall–Kier alpha value is -0.720. The third-order valence-electron chi connectivity index (χ3n) is 3.65. The van der Waals surface area contributed by atoms with Crippen LogP contribution in [0.15, 0.2) is 35.3 Å². The van der Waals surface area contributed by atoms with E-state index in [1.165, 1.54) is 0 Å². The van der Waals surface area contributed by atoms with Gasteiger partial charge in [-0.2, -0.15) is 11.8 Å². The maximum atomic E-state index is 12.3. The Kier molecular flexibility index (Phi) is 11.3. The van der Waals surface area contributed by atoms with Crippen molar-refractivity contribution in [2.45, 2.75) is 0 Å². The van der Waals surface area contributed by atoms with Crippen LogP contribution in [0.25, 0.3) is 0 Å². The largest absolute Gasteiger partial charge is 0.492 e. The molecule has 0 unspecified atom stereocenters. The average Bonchev–Trinajstić information content (AvgIpc) is 2.65. The van der Waals surface area contributed by atoms with Crippen molar-refractivity contribution in [1.29, 1.82) is 0 Å². The standard InChI is InChI=1S/C16H26N4O3S2.HI/c1-17-16(18-7-11-23-15-5-3-2-4-6-15)19-8-14-25(21,22)20-9-12-24-13-10-20;/h2-6H,7-14H2,1H3,(H2,17,18,19);1H. The molecule has 7 nitrogen and oxygen atoms in total. The first-order chi connectivity index (χ1) is 12.1. The highest BCUT2D eigenvalue weighted by molar-refractivity contribution is 14.0. The molecule has 1 saturated heterocycles. The fourth-order valence-corrected chi connectivity index (χ4v) is 4.82. The van der Waals surface area contributed by atoms with Crippen molar-refractivity contribution < 1.29 is 13.2 Å². The first kappa shape index (κ1) is 23.3. The number of benzene rings is 1. The lowest BCUT2D eigenvalue weighted by molar-refractivity contribution is 0.322. The molecule has 10 heteroatoms. The number of ether oxygens (including phenoxy) is 1. The topological polar surface area (TPSA) is 83.0 Å². The number of nitrogens with one attached hydrogen (secondary N) is 2. The van der Waals surface area contributed by atoms with E-state index < -0.39 is 10.0 Å². The number of sulfonamides is 1. The van der Waals surface area contributed by atoms with Crippen molar-refractivity contribution in [2.75, 3.05) is 57.1 Å². The quantitative estimate of drug-likeness (QED) is 0.235. The fraction of sp³-hybridized carbons (Fsp3) is 0.562. The summed E-state index contributed by atoms with van der Waals surface area (Å²) in [4.78, 5) is 4.09. The first-order valence-corrected chi connectivity index (χ1v) is 11.1. The Bertz CT molecular complexity index is 638. The van der Waals surface area contributed by atoms with Gasteiger partial charge in [0.25, 0.3) is 0 Å². The van der Waals surface area contributed by atoms with E-state index in [9.17, 15) is 8.42 Å². The van der Waals surface area contributed by atoms with Crippen LogP contribution >= 0.6 is 35.7 Å². The number of aliphatic imine (C=N–C) groups is 1. The second-order valence-corrected chi connectivity index (χ2v) is 8.73. The summed E-state index contributed by atoms with van der Waals surface area (Å²) in [5.41, 5.74) is 0. The second kappa shape index (κ2) is 12.6. The van der Waals surface area contributed by atoms with Gasteiger partial charge in [-0.1, -0.05) is 18.2 Å². The van der Waals surface area contributed by atoms with Gasteiger partial charge in [0.15, 0.2) is 5.96 Å². The van der Waals surface area contributed by atoms with E-state index in [4.69, 9.17) is 4.74 Å². The molecule has 1 fully saturated rings. The number of nitrogens with zero attached hydrogens (tertiary/aromatic N) is 2. The van der Waals surface area contributed by atoms with Crippen LogP contribution in [0.1, 0.15) is 0 Å². The summed E-state index contributed by atoms with van der Waals surface area (Å²) in [6.07, 6.45) is 0. The Morgan fingerprint density at radius 1 is 1.19 bits per heavy atom. The number of rotatable bonds is 8. The summed E-state index contributed by atoms with van der Waals surface area (Å²) in [5.74, 6) is 3.20. The predicted octanol–water partition coefficient (Wildman–Crippen LogP) is 1.23. The molecule has 0 radical (unpaired) electrons. The predicted molar refractivity (Wildman–Crippen MR) is 119 cm³/mol. The van der Waals surface area contributed by atoms with Gasteiger partial charge in [0, 0.05) is 38.2 Å². The van der Waals surface area contributed by atoms with Crippen molar-refractivity contribution in [3.05, 3.63) is 30.3 Å². The van der Waals surface area contributed by atoms with Gasteiger partial charge < -0.3 is 15.4 Å². The van der Waals surface area contributed by atoms with Gasteiger partial charge in [0.1, 0.15) is 12.4 Å². The number of thioether (sulfide) groups is 1. The molecular formula is C16H27IN4O3S2. The molecular weight excluding hydrogens is 487 g/mol. The van der Waals surface area contributed by atoms with Crippen molar-refractivity contribution in [3.8, 4) is 5.75 Å². The highest BCUT2D eigenvalue weighted by atomic mass is 127. The van der Waals surface area contributed by atoms with Crippen LogP contribution in [0.4, 0.5) is 0 Å². The number of guanidine groups is 1. The minimum atomic E-state index is -3.20. The number of halogens is 1. The molecule has 1 aliphatic rings. The van der Waals surface area contributed by atoms with Crippen molar-refractivity contribution in [3.63, 3.8) is 0 Å². The van der Waals surface area contributed by atoms with Gasteiger partial charge in [-0.15, -0.1) is 24.0 Å². The maximum Gasteiger partial charge on any atom is 0.215 e. The molecule has 2 N–H and O–H groups in total. The molecule has 0 atom stereocenters. The molecule has 1 heterocycles. The van der Waals surface area contributed by atoms with Gasteiger partial charge in [-0.05, 0) is 12.1 Å². The van der Waals surface area contributed by atoms with Gasteiger partial charge in [0.2, 0.25) is 10.0 Å². The van der Waals surface area contributed by atoms with Gasteiger partial charge in [-0.3, -0.25) is 4.99 Å². The van der Waals surface area contributed by atoms with Crippen molar-refractivity contribution in [1.82, 2.24) is 14.9 Å². The molecule has 26 heavy (non-hydrogen) atoms. The van der Waals surface area contributed by atoms with E-state index in [-0.39, 0.29) is 29.7 Å². The molecule has 1 aromatic rings. The summed E-state index contributed by atoms with van der Waals surface area (Å²) < 4.78 is 31.7. The summed E-state index contributed by atoms with van der Waals surface area (Å²) in [7, 11) is -1.54. The smallest absolute Gasteiger partial charge is 0.215 e. The Morgan fingerprint density at radius 2 is 1.85 bits per heavy atom. The monoisotopic (exact) mass is 514 g/mol. The van der Waals surface area contributed by atoms with Crippen LogP contribution < -0.4 is 15.4 Å². The van der Waals surface area contributed by atoms with Gasteiger partial charge >= 0.3 is 0 Å². The Balaban J connectivity index is 0.00000338. The van der Waals surface area contributed by atoms with E-state index in [1.54, 1.807) is 23.1 Å². The van der Waals surface area contributed by atoms with E-state index in [2.05, 4.69) is 15.6 Å². The molecule has 2 rings (SSSR count). The zero-order valence-corrected chi connectivity index (χ0v) is 18.9. The average molecular weight is 514 g/mol. The summed E-state index contributed by atoms with van der Waals surface area (Å²) >= 11 is 1.79. The van der Waals surface area contributed by atoms with E-state index >= 15 is 0 Å². The zero-order chi connectivity index (χ0) is 18.0. The molecule has 0 aromatic heterocycles. The first-order valence-electron chi connectivity index (χ1n) is 8.30. The summed E-state index contributed by atoms with van der Waals surface area (Å²) in [6, 6.07) is 9.58. The van der Waals surface area contributed by atoms with Crippen LogP contribution in [0.3, 0.4) is 0 Å². The fourth-order valence-electron chi connectivity index (χ4n) is 2.33. The minimum absolute atomic E-state index is 0. The number of hydrogen-bond donors (Lipinski definition) is 2. The lowest BCUT2D eigenvalue weighted by atomic mass is 10.3. The minimum Gasteiger partial charge on any atom is -0.492 e. The molecule has 0 saturated carbocycles. The lowest BCUT2D eigenvalue weighted by Crippen LogP contribution is -2.44. The maximum absolute atomic E-state index is 12.3. The Labute approximate surface area is 177 Å². The Morgan fingerprint density at radius 3 is 2.50 bits per heavy atom. The second-order valence-electron chi connectivity index (χ2n) is 5.41. The number of para-hydroxylation sites is 1. The van der Waals surface area contributed by atoms with Crippen molar-refractivity contribution in [2.24, 2.45) is 4.99 Å². The molecule has 0 aliphatic carbocycles. The van der Waals surface area contributed by atoms with Gasteiger partial charge in [-0.25, -0.2) is 12.7 Å². The van der Waals surface area contributed by atoms with Crippen molar-refractivity contribution >= 4 is 51.7 Å². The van der Waals surface area contributed by atoms with Crippen LogP contribution in [0, 0.1) is 0 Å². The summed E-state index contributed by atoms with van der Waals surface area (Å²) in [6.45, 7) is 2.61. The lowest BCUT2D eigenvalue weighted by Gasteiger charge is -2.25. The summed E-state index contributed by atoms with van der Waals surface area (Å²) in [5, 5.41) is 6.14. The van der Waals surface area contributed by atoms with Gasteiger partial charge in [0.05, 0.1) is 12.3 Å². The third kappa shape index (κ3) is 8.31. The SMILES string of the molecule is CN=C(NCCOc1ccccc1)NCCS(=O)(=O)N1CCSCC1.I. The molecule has 0 bridgehead atoms. The van der Waals surface area contributed by atoms with E-state index in [0.29, 0.717) is 38.7 Å². The molecule has 0 spiro atoms. The van der Waals surface area contributed by atoms with E-state index in [1.807, 2.05) is 30.3 Å². The molecule has 0 amide bonds. The zero-order valence-electron chi connectivity index (χ0n) is 14.9.